The molecule has 0 unspecified atom stereocenters. The summed E-state index contributed by atoms with van der Waals surface area (Å²) in [5, 5.41) is 0. The van der Waals surface area contributed by atoms with Gasteiger partial charge in [0.15, 0.2) is 0 Å². The third-order valence-corrected chi connectivity index (χ3v) is 6.76. The van der Waals surface area contributed by atoms with Crippen LogP contribution in [0.15, 0.2) is 12.2 Å². The van der Waals surface area contributed by atoms with Crippen LogP contribution in [-0.2, 0) is 0 Å². The molecule has 0 spiro atoms. The number of rotatable bonds is 9. The van der Waals surface area contributed by atoms with Crippen LogP contribution in [0.25, 0.3) is 0 Å². The summed E-state index contributed by atoms with van der Waals surface area (Å²) in [5.41, 5.74) is 0. The molecule has 0 aromatic carbocycles. The third kappa shape index (κ3) is 7.44. The molecule has 2 saturated carbocycles. The summed E-state index contributed by atoms with van der Waals surface area (Å²) in [5.74, 6) is 4.12. The van der Waals surface area contributed by atoms with Gasteiger partial charge in [0.25, 0.3) is 0 Å². The van der Waals surface area contributed by atoms with Crippen LogP contribution in [0.1, 0.15) is 110 Å². The predicted octanol–water partition coefficient (Wildman–Crippen LogP) is 7.93. The van der Waals surface area contributed by atoms with Gasteiger partial charge in [-0.15, -0.1) is 0 Å². The molecule has 2 aliphatic rings. The van der Waals surface area contributed by atoms with Gasteiger partial charge in [0.1, 0.15) is 0 Å². The first-order valence-corrected chi connectivity index (χ1v) is 10.9. The Morgan fingerprint density at radius 3 is 1.52 bits per heavy atom. The van der Waals surface area contributed by atoms with E-state index in [1.807, 2.05) is 0 Å². The molecule has 0 nitrogen and oxygen atoms in total. The van der Waals surface area contributed by atoms with E-state index in [1.165, 1.54) is 70.6 Å². The summed E-state index contributed by atoms with van der Waals surface area (Å²) in [6.07, 6.45) is 27.2. The molecule has 0 heterocycles. The van der Waals surface area contributed by atoms with Crippen LogP contribution in [-0.4, -0.2) is 0 Å². The van der Waals surface area contributed by atoms with Gasteiger partial charge >= 0.3 is 0 Å². The molecular weight excluding hydrogens is 276 g/mol. The average molecular weight is 319 g/mol. The molecule has 2 fully saturated rings. The minimum Gasteiger partial charge on any atom is -0.0914 e. The van der Waals surface area contributed by atoms with E-state index < -0.39 is 0 Å². The zero-order chi connectivity index (χ0) is 16.3. The Kier molecular flexibility index (Phi) is 9.39. The zero-order valence-electron chi connectivity index (χ0n) is 16.1. The maximum absolute atomic E-state index is 2.44. The lowest BCUT2D eigenvalue weighted by Crippen LogP contribution is -2.15. The number of unbranched alkanes of at least 4 members (excludes halogenated alkanes) is 2. The summed E-state index contributed by atoms with van der Waals surface area (Å²) in [4.78, 5) is 0. The first-order chi connectivity index (χ1) is 11.3. The van der Waals surface area contributed by atoms with E-state index >= 15 is 0 Å². The Balaban J connectivity index is 1.47. The third-order valence-electron chi connectivity index (χ3n) is 6.76. The van der Waals surface area contributed by atoms with E-state index in [2.05, 4.69) is 26.0 Å². The van der Waals surface area contributed by atoms with E-state index in [4.69, 9.17) is 0 Å². The van der Waals surface area contributed by atoms with Gasteiger partial charge in [-0.05, 0) is 56.3 Å². The molecule has 0 aromatic heterocycles. The zero-order valence-corrected chi connectivity index (χ0v) is 16.1. The van der Waals surface area contributed by atoms with Crippen LogP contribution >= 0.6 is 0 Å². The Hall–Kier alpha value is -0.260. The molecule has 0 aliphatic heterocycles. The lowest BCUT2D eigenvalue weighted by atomic mass is 9.77. The first kappa shape index (κ1) is 19.1. The van der Waals surface area contributed by atoms with E-state index in [1.54, 1.807) is 25.7 Å². The number of allylic oxidation sites excluding steroid dienone is 2. The normalized spacial score (nSPS) is 32.4. The quantitative estimate of drug-likeness (QED) is 0.299. The van der Waals surface area contributed by atoms with Gasteiger partial charge in [-0.1, -0.05) is 89.7 Å². The lowest BCUT2D eigenvalue weighted by molar-refractivity contribution is 0.240. The summed E-state index contributed by atoms with van der Waals surface area (Å²) >= 11 is 0. The predicted molar refractivity (Wildman–Crippen MR) is 104 cm³/mol. The molecule has 0 atom stereocenters. The molecule has 0 saturated heterocycles. The Labute approximate surface area is 146 Å². The van der Waals surface area contributed by atoms with Crippen LogP contribution in [0.4, 0.5) is 0 Å². The molecule has 0 N–H and O–H groups in total. The first-order valence-electron chi connectivity index (χ1n) is 10.9. The molecule has 0 radical (unpaired) electrons. The Morgan fingerprint density at radius 1 is 0.652 bits per heavy atom. The minimum atomic E-state index is 0.902. The van der Waals surface area contributed by atoms with Crippen molar-refractivity contribution in [2.75, 3.05) is 0 Å². The van der Waals surface area contributed by atoms with Crippen LogP contribution in [0.5, 0.6) is 0 Å². The Bertz CT molecular complexity index is 300. The second kappa shape index (κ2) is 11.3. The average Bonchev–Trinajstić information content (AvgIpc) is 2.59. The van der Waals surface area contributed by atoms with Crippen LogP contribution in [0.2, 0.25) is 0 Å². The van der Waals surface area contributed by atoms with Crippen LogP contribution in [0.3, 0.4) is 0 Å². The fraction of sp³-hybridized carbons (Fsp3) is 0.913. The summed E-state index contributed by atoms with van der Waals surface area (Å²) in [6.45, 7) is 4.50. The highest BCUT2D eigenvalue weighted by atomic mass is 14.3. The summed E-state index contributed by atoms with van der Waals surface area (Å²) in [7, 11) is 0. The SMILES string of the molecule is C/C=C/C1CCC(CCCCC2CCC(CCCC)CC2)CC1. The highest BCUT2D eigenvalue weighted by Gasteiger charge is 2.21. The molecule has 0 aromatic rings. The second-order valence-electron chi connectivity index (χ2n) is 8.62. The topological polar surface area (TPSA) is 0 Å². The van der Waals surface area contributed by atoms with Gasteiger partial charge in [0.05, 0.1) is 0 Å². The second-order valence-corrected chi connectivity index (χ2v) is 8.62. The molecular formula is C23H42. The van der Waals surface area contributed by atoms with Crippen molar-refractivity contribution in [1.82, 2.24) is 0 Å². The van der Waals surface area contributed by atoms with Gasteiger partial charge in [0, 0.05) is 0 Å². The molecule has 2 aliphatic carbocycles. The van der Waals surface area contributed by atoms with Crippen LogP contribution < -0.4 is 0 Å². The van der Waals surface area contributed by atoms with E-state index in [9.17, 15) is 0 Å². The highest BCUT2D eigenvalue weighted by molar-refractivity contribution is 4.88. The Morgan fingerprint density at radius 2 is 1.09 bits per heavy atom. The molecule has 2 rings (SSSR count). The van der Waals surface area contributed by atoms with E-state index in [-0.39, 0.29) is 0 Å². The van der Waals surface area contributed by atoms with Crippen molar-refractivity contribution in [3.8, 4) is 0 Å². The van der Waals surface area contributed by atoms with Crippen molar-refractivity contribution in [2.24, 2.45) is 23.7 Å². The monoisotopic (exact) mass is 318 g/mol. The van der Waals surface area contributed by atoms with Crippen molar-refractivity contribution >= 4 is 0 Å². The number of hydrogen-bond donors (Lipinski definition) is 0. The molecule has 0 amide bonds. The lowest BCUT2D eigenvalue weighted by Gasteiger charge is -2.29. The largest absolute Gasteiger partial charge is 0.0914 e. The molecule has 134 valence electrons. The fourth-order valence-corrected chi connectivity index (χ4v) is 5.11. The van der Waals surface area contributed by atoms with E-state index in [0.717, 1.165) is 23.7 Å². The maximum Gasteiger partial charge on any atom is -0.0233 e. The highest BCUT2D eigenvalue weighted by Crippen LogP contribution is 2.36. The molecule has 0 heteroatoms. The molecule has 23 heavy (non-hydrogen) atoms. The van der Waals surface area contributed by atoms with Crippen molar-refractivity contribution in [1.29, 1.82) is 0 Å². The maximum atomic E-state index is 2.44. The minimum absolute atomic E-state index is 0.902. The van der Waals surface area contributed by atoms with Gasteiger partial charge in [-0.25, -0.2) is 0 Å². The van der Waals surface area contributed by atoms with Crippen molar-refractivity contribution < 1.29 is 0 Å². The van der Waals surface area contributed by atoms with Gasteiger partial charge in [-0.2, -0.15) is 0 Å². The number of hydrogen-bond acceptors (Lipinski definition) is 0. The van der Waals surface area contributed by atoms with Crippen molar-refractivity contribution in [3.05, 3.63) is 12.2 Å². The fourth-order valence-electron chi connectivity index (χ4n) is 5.11. The van der Waals surface area contributed by atoms with Crippen molar-refractivity contribution in [2.45, 2.75) is 110 Å². The summed E-state index contributed by atoms with van der Waals surface area (Å²) < 4.78 is 0. The summed E-state index contributed by atoms with van der Waals surface area (Å²) in [6, 6.07) is 0. The van der Waals surface area contributed by atoms with Gasteiger partial charge < -0.3 is 0 Å². The van der Waals surface area contributed by atoms with Crippen LogP contribution in [0, 0.1) is 23.7 Å². The smallest absolute Gasteiger partial charge is 0.0233 e. The van der Waals surface area contributed by atoms with E-state index in [0.29, 0.717) is 0 Å². The van der Waals surface area contributed by atoms with Crippen molar-refractivity contribution in [3.63, 3.8) is 0 Å². The van der Waals surface area contributed by atoms with Gasteiger partial charge in [0.2, 0.25) is 0 Å². The standard InChI is InChI=1S/C23H42/c1-3-5-9-21-16-18-23(19-17-21)11-7-6-10-22-14-12-20(8-4-2)13-15-22/h4,8,20-23H,3,5-7,9-19H2,1-2H3/b8-4+. The van der Waals surface area contributed by atoms with Gasteiger partial charge in [-0.3, -0.25) is 0 Å². The molecule has 0 bridgehead atoms.